The molecule has 20 heavy (non-hydrogen) atoms. The second-order valence-electron chi connectivity index (χ2n) is 4.57. The van der Waals surface area contributed by atoms with Crippen molar-refractivity contribution >= 4 is 22.4 Å². The van der Waals surface area contributed by atoms with Crippen molar-refractivity contribution in [2.45, 2.75) is 33.4 Å². The Morgan fingerprint density at radius 2 is 2.35 bits per heavy atom. The van der Waals surface area contributed by atoms with Gasteiger partial charge in [0, 0.05) is 25.0 Å². The third-order valence-corrected chi connectivity index (χ3v) is 3.84. The minimum Gasteiger partial charge on any atom is -0.362 e. The van der Waals surface area contributed by atoms with Gasteiger partial charge in [-0.3, -0.25) is 9.48 Å². The summed E-state index contributed by atoms with van der Waals surface area (Å²) in [6.45, 7) is 7.26. The van der Waals surface area contributed by atoms with E-state index in [1.54, 1.807) is 10.9 Å². The van der Waals surface area contributed by atoms with E-state index in [1.807, 2.05) is 33.0 Å². The summed E-state index contributed by atoms with van der Waals surface area (Å²) in [5.74, 6) is -0.0798. The molecule has 0 saturated heterocycles. The predicted octanol–water partition coefficient (Wildman–Crippen LogP) is 1.90. The average Bonchev–Trinajstić information content (AvgIpc) is 2.99. The van der Waals surface area contributed by atoms with E-state index in [9.17, 15) is 4.79 Å². The Hall–Kier alpha value is -1.89. The first-order chi connectivity index (χ1) is 9.60. The second-order valence-corrected chi connectivity index (χ2v) is 5.57. The zero-order valence-corrected chi connectivity index (χ0v) is 12.7. The maximum atomic E-state index is 12.2. The number of carbonyl (C=O) groups is 1. The van der Waals surface area contributed by atoms with Gasteiger partial charge in [-0.05, 0) is 26.8 Å². The van der Waals surface area contributed by atoms with Crippen molar-refractivity contribution in [1.29, 1.82) is 0 Å². The fourth-order valence-electron chi connectivity index (χ4n) is 1.86. The summed E-state index contributed by atoms with van der Waals surface area (Å²) >= 11 is 1.39. The van der Waals surface area contributed by atoms with Crippen LogP contribution < -0.4 is 10.6 Å². The van der Waals surface area contributed by atoms with Crippen molar-refractivity contribution in [3.05, 3.63) is 29.0 Å². The van der Waals surface area contributed by atoms with Gasteiger partial charge in [-0.2, -0.15) is 5.10 Å². The third kappa shape index (κ3) is 3.57. The molecule has 7 heteroatoms. The molecule has 0 saturated carbocycles. The Balaban J connectivity index is 1.97. The summed E-state index contributed by atoms with van der Waals surface area (Å²) < 4.78 is 1.80. The van der Waals surface area contributed by atoms with E-state index in [0.717, 1.165) is 17.4 Å². The van der Waals surface area contributed by atoms with E-state index in [1.165, 1.54) is 11.3 Å². The van der Waals surface area contributed by atoms with E-state index < -0.39 is 0 Å². The number of anilines is 1. The normalized spacial score (nSPS) is 12.2. The van der Waals surface area contributed by atoms with Gasteiger partial charge in [0.2, 0.25) is 0 Å². The number of amides is 1. The second kappa shape index (κ2) is 6.51. The molecule has 2 rings (SSSR count). The Kier molecular flexibility index (Phi) is 4.73. The highest BCUT2D eigenvalue weighted by atomic mass is 32.1. The zero-order chi connectivity index (χ0) is 14.5. The molecule has 2 aromatic rings. The molecule has 2 aromatic heterocycles. The lowest BCUT2D eigenvalue weighted by Gasteiger charge is -2.13. The van der Waals surface area contributed by atoms with E-state index in [-0.39, 0.29) is 11.9 Å². The molecule has 0 aliphatic rings. The summed E-state index contributed by atoms with van der Waals surface area (Å²) in [7, 11) is 0. The van der Waals surface area contributed by atoms with Crippen LogP contribution >= 0.6 is 11.3 Å². The molecule has 0 aliphatic heterocycles. The van der Waals surface area contributed by atoms with Crippen molar-refractivity contribution in [2.75, 3.05) is 11.9 Å². The van der Waals surface area contributed by atoms with Gasteiger partial charge in [0.05, 0.1) is 12.2 Å². The van der Waals surface area contributed by atoms with Crippen LogP contribution in [0, 0.1) is 6.92 Å². The molecule has 1 atom stereocenters. The van der Waals surface area contributed by atoms with Crippen LogP contribution in [0.4, 0.5) is 5.13 Å². The zero-order valence-electron chi connectivity index (χ0n) is 11.9. The lowest BCUT2D eigenvalue weighted by molar-refractivity contribution is 0.0939. The first-order valence-corrected chi connectivity index (χ1v) is 7.41. The summed E-state index contributed by atoms with van der Waals surface area (Å²) in [5.41, 5.74) is 0.759. The first-order valence-electron chi connectivity index (χ1n) is 6.59. The van der Waals surface area contributed by atoms with Crippen molar-refractivity contribution in [2.24, 2.45) is 0 Å². The van der Waals surface area contributed by atoms with Gasteiger partial charge in [-0.25, -0.2) is 4.98 Å². The number of hydrogen-bond acceptors (Lipinski definition) is 5. The van der Waals surface area contributed by atoms with Gasteiger partial charge < -0.3 is 10.6 Å². The maximum absolute atomic E-state index is 12.2. The van der Waals surface area contributed by atoms with Crippen LogP contribution in [0.3, 0.4) is 0 Å². The lowest BCUT2D eigenvalue weighted by Crippen LogP contribution is -2.35. The van der Waals surface area contributed by atoms with Crippen molar-refractivity contribution < 1.29 is 4.79 Å². The molecule has 1 amide bonds. The summed E-state index contributed by atoms with van der Waals surface area (Å²) in [6, 6.07) is 1.87. The van der Waals surface area contributed by atoms with Crippen molar-refractivity contribution in [1.82, 2.24) is 20.1 Å². The molecule has 0 aromatic carbocycles. The largest absolute Gasteiger partial charge is 0.362 e. The first kappa shape index (κ1) is 14.5. The molecular formula is C13H19N5OS. The van der Waals surface area contributed by atoms with Gasteiger partial charge in [0.1, 0.15) is 4.88 Å². The van der Waals surface area contributed by atoms with Gasteiger partial charge in [-0.15, -0.1) is 0 Å². The number of nitrogens with one attached hydrogen (secondary N) is 2. The third-order valence-electron chi connectivity index (χ3n) is 2.73. The fraction of sp³-hybridized carbons (Fsp3) is 0.462. The maximum Gasteiger partial charge on any atom is 0.263 e. The van der Waals surface area contributed by atoms with Crippen LogP contribution in [0.25, 0.3) is 0 Å². The SMILES string of the molecule is CCNc1nc(C)c(C(=O)NC(C)Cn2cccn2)s1. The highest BCUT2D eigenvalue weighted by Crippen LogP contribution is 2.22. The van der Waals surface area contributed by atoms with E-state index in [2.05, 4.69) is 20.7 Å². The van der Waals surface area contributed by atoms with E-state index in [4.69, 9.17) is 0 Å². The Labute approximate surface area is 122 Å². The molecule has 0 radical (unpaired) electrons. The molecule has 6 nitrogen and oxygen atoms in total. The number of carbonyl (C=O) groups excluding carboxylic acids is 1. The van der Waals surface area contributed by atoms with Crippen LogP contribution in [0.2, 0.25) is 0 Å². The molecule has 2 heterocycles. The number of rotatable bonds is 6. The Morgan fingerprint density at radius 3 is 3.00 bits per heavy atom. The molecule has 0 fully saturated rings. The van der Waals surface area contributed by atoms with Crippen LogP contribution in [0.1, 0.15) is 29.2 Å². The molecule has 0 spiro atoms. The van der Waals surface area contributed by atoms with Gasteiger partial charge >= 0.3 is 0 Å². The number of thiazole rings is 1. The fourth-order valence-corrected chi connectivity index (χ4v) is 2.80. The quantitative estimate of drug-likeness (QED) is 0.853. The minimum absolute atomic E-state index is 0.00600. The number of aromatic nitrogens is 3. The standard InChI is InChI=1S/C13H19N5OS/c1-4-14-13-17-10(3)11(20-13)12(19)16-9(2)8-18-7-5-6-15-18/h5-7,9H,4,8H2,1-3H3,(H,14,17)(H,16,19). The van der Waals surface area contributed by atoms with E-state index >= 15 is 0 Å². The van der Waals surface area contributed by atoms with Crippen LogP contribution in [0.15, 0.2) is 18.5 Å². The van der Waals surface area contributed by atoms with Gasteiger partial charge in [0.15, 0.2) is 5.13 Å². The minimum atomic E-state index is -0.0798. The Bertz CT molecular complexity index is 563. The van der Waals surface area contributed by atoms with Crippen LogP contribution in [0.5, 0.6) is 0 Å². The van der Waals surface area contributed by atoms with Crippen molar-refractivity contribution in [3.8, 4) is 0 Å². The Morgan fingerprint density at radius 1 is 1.55 bits per heavy atom. The van der Waals surface area contributed by atoms with Crippen LogP contribution in [-0.4, -0.2) is 33.3 Å². The van der Waals surface area contributed by atoms with E-state index in [0.29, 0.717) is 11.4 Å². The van der Waals surface area contributed by atoms with Gasteiger partial charge in [0.25, 0.3) is 5.91 Å². The molecule has 0 bridgehead atoms. The number of hydrogen-bond donors (Lipinski definition) is 2. The smallest absolute Gasteiger partial charge is 0.263 e. The summed E-state index contributed by atoms with van der Waals surface area (Å²) in [4.78, 5) is 17.2. The molecule has 1 unspecified atom stereocenters. The topological polar surface area (TPSA) is 71.8 Å². The summed E-state index contributed by atoms with van der Waals surface area (Å²) in [5, 5.41) is 11.0. The predicted molar refractivity (Wildman–Crippen MR) is 80.2 cm³/mol. The number of nitrogens with zero attached hydrogens (tertiary/aromatic N) is 3. The lowest BCUT2D eigenvalue weighted by atomic mass is 10.3. The molecule has 0 aliphatic carbocycles. The summed E-state index contributed by atoms with van der Waals surface area (Å²) in [6.07, 6.45) is 3.61. The average molecular weight is 293 g/mol. The molecule has 2 N–H and O–H groups in total. The van der Waals surface area contributed by atoms with Gasteiger partial charge in [-0.1, -0.05) is 11.3 Å². The van der Waals surface area contributed by atoms with Crippen LogP contribution in [-0.2, 0) is 6.54 Å². The number of aryl methyl sites for hydroxylation is 1. The highest BCUT2D eigenvalue weighted by Gasteiger charge is 2.17. The van der Waals surface area contributed by atoms with Crippen molar-refractivity contribution in [3.63, 3.8) is 0 Å². The molecule has 108 valence electrons. The highest BCUT2D eigenvalue weighted by molar-refractivity contribution is 7.17. The molecular weight excluding hydrogens is 274 g/mol. The monoisotopic (exact) mass is 293 g/mol.